The standard InChI is InChI=1S/C18H33NO2/c1-5-18(9-6-10-19-12-18)17(20)21-16-11-14(4)7-8-15(16)13(2)3/h13-16,19H,5-12H2,1-4H3. The molecule has 1 heterocycles. The van der Waals surface area contributed by atoms with E-state index in [-0.39, 0.29) is 17.5 Å². The van der Waals surface area contributed by atoms with Crippen LogP contribution in [0, 0.1) is 23.2 Å². The number of hydrogen-bond donors (Lipinski definition) is 1. The van der Waals surface area contributed by atoms with Gasteiger partial charge in [0.25, 0.3) is 0 Å². The van der Waals surface area contributed by atoms with Gasteiger partial charge in [-0.1, -0.05) is 34.1 Å². The summed E-state index contributed by atoms with van der Waals surface area (Å²) in [6, 6.07) is 0. The molecule has 4 atom stereocenters. The van der Waals surface area contributed by atoms with Crippen LogP contribution in [0.3, 0.4) is 0 Å². The van der Waals surface area contributed by atoms with E-state index in [2.05, 4.69) is 33.0 Å². The highest BCUT2D eigenvalue weighted by Crippen LogP contribution is 2.38. The number of rotatable bonds is 4. The average molecular weight is 295 g/mol. The van der Waals surface area contributed by atoms with Gasteiger partial charge in [0, 0.05) is 6.54 Å². The molecule has 122 valence electrons. The quantitative estimate of drug-likeness (QED) is 0.802. The molecule has 3 heteroatoms. The van der Waals surface area contributed by atoms with Gasteiger partial charge in [0.05, 0.1) is 5.41 Å². The Balaban J connectivity index is 2.04. The van der Waals surface area contributed by atoms with Crippen LogP contribution in [0.2, 0.25) is 0 Å². The lowest BCUT2D eigenvalue weighted by atomic mass is 9.74. The molecule has 0 aromatic heterocycles. The number of hydrogen-bond acceptors (Lipinski definition) is 3. The van der Waals surface area contributed by atoms with Crippen molar-refractivity contribution in [3.63, 3.8) is 0 Å². The minimum atomic E-state index is -0.277. The fourth-order valence-corrected chi connectivity index (χ4v) is 4.10. The van der Waals surface area contributed by atoms with Crippen molar-refractivity contribution in [2.45, 2.75) is 72.3 Å². The Labute approximate surface area is 130 Å². The number of ether oxygens (including phenoxy) is 1. The van der Waals surface area contributed by atoms with Crippen molar-refractivity contribution in [1.29, 1.82) is 0 Å². The molecule has 21 heavy (non-hydrogen) atoms. The molecule has 0 aromatic carbocycles. The van der Waals surface area contributed by atoms with Crippen LogP contribution >= 0.6 is 0 Å². The second-order valence-electron chi connectivity index (χ2n) is 7.68. The zero-order valence-electron chi connectivity index (χ0n) is 14.3. The van der Waals surface area contributed by atoms with E-state index in [9.17, 15) is 4.79 Å². The number of piperidine rings is 1. The molecule has 0 radical (unpaired) electrons. The van der Waals surface area contributed by atoms with Crippen molar-refractivity contribution in [3.05, 3.63) is 0 Å². The van der Waals surface area contributed by atoms with Crippen LogP contribution in [-0.4, -0.2) is 25.2 Å². The largest absolute Gasteiger partial charge is 0.462 e. The Kier molecular flexibility index (Phi) is 5.70. The summed E-state index contributed by atoms with van der Waals surface area (Å²) in [5.74, 6) is 1.87. The van der Waals surface area contributed by atoms with Gasteiger partial charge in [0.2, 0.25) is 0 Å². The van der Waals surface area contributed by atoms with Gasteiger partial charge in [-0.2, -0.15) is 0 Å². The van der Waals surface area contributed by atoms with Crippen LogP contribution in [0.4, 0.5) is 0 Å². The van der Waals surface area contributed by atoms with Crippen LogP contribution in [-0.2, 0) is 9.53 Å². The molecule has 2 fully saturated rings. The fourth-order valence-electron chi connectivity index (χ4n) is 4.10. The maximum Gasteiger partial charge on any atom is 0.313 e. The Morgan fingerprint density at radius 2 is 2.14 bits per heavy atom. The minimum absolute atomic E-state index is 0.0574. The lowest BCUT2D eigenvalue weighted by Crippen LogP contribution is -2.48. The Hall–Kier alpha value is -0.570. The molecule has 2 aliphatic rings. The molecular weight excluding hydrogens is 262 g/mol. The van der Waals surface area contributed by atoms with E-state index >= 15 is 0 Å². The zero-order chi connectivity index (χ0) is 15.5. The van der Waals surface area contributed by atoms with Gasteiger partial charge in [-0.15, -0.1) is 0 Å². The van der Waals surface area contributed by atoms with Gasteiger partial charge in [-0.05, 0) is 56.4 Å². The van der Waals surface area contributed by atoms with Crippen molar-refractivity contribution < 1.29 is 9.53 Å². The summed E-state index contributed by atoms with van der Waals surface area (Å²) in [6.07, 6.45) is 6.59. The molecule has 0 spiro atoms. The van der Waals surface area contributed by atoms with E-state index in [1.165, 1.54) is 12.8 Å². The van der Waals surface area contributed by atoms with Crippen molar-refractivity contribution in [2.75, 3.05) is 13.1 Å². The number of nitrogens with one attached hydrogen (secondary N) is 1. The summed E-state index contributed by atoms with van der Waals surface area (Å²) in [4.78, 5) is 12.8. The van der Waals surface area contributed by atoms with Gasteiger partial charge < -0.3 is 10.1 Å². The predicted molar refractivity (Wildman–Crippen MR) is 86.1 cm³/mol. The first-order chi connectivity index (χ1) is 9.98. The monoisotopic (exact) mass is 295 g/mol. The molecule has 1 aliphatic heterocycles. The molecule has 3 nitrogen and oxygen atoms in total. The molecule has 1 aliphatic carbocycles. The molecule has 0 aromatic rings. The predicted octanol–water partition coefficient (Wildman–Crippen LogP) is 3.77. The molecule has 1 saturated heterocycles. The van der Waals surface area contributed by atoms with Gasteiger partial charge in [-0.25, -0.2) is 0 Å². The first-order valence-electron chi connectivity index (χ1n) is 8.90. The lowest BCUT2D eigenvalue weighted by molar-refractivity contribution is -0.170. The highest BCUT2D eigenvalue weighted by atomic mass is 16.5. The van der Waals surface area contributed by atoms with E-state index in [1.807, 2.05) is 0 Å². The lowest BCUT2D eigenvalue weighted by Gasteiger charge is -2.40. The highest BCUT2D eigenvalue weighted by Gasteiger charge is 2.42. The summed E-state index contributed by atoms with van der Waals surface area (Å²) in [7, 11) is 0. The molecule has 4 unspecified atom stereocenters. The van der Waals surface area contributed by atoms with E-state index in [0.29, 0.717) is 17.8 Å². The van der Waals surface area contributed by atoms with Crippen LogP contribution in [0.15, 0.2) is 0 Å². The summed E-state index contributed by atoms with van der Waals surface area (Å²) in [5.41, 5.74) is -0.277. The van der Waals surface area contributed by atoms with Crippen LogP contribution in [0.25, 0.3) is 0 Å². The summed E-state index contributed by atoms with van der Waals surface area (Å²) in [6.45, 7) is 10.8. The first-order valence-corrected chi connectivity index (χ1v) is 8.90. The average Bonchev–Trinajstić information content (AvgIpc) is 2.47. The van der Waals surface area contributed by atoms with Crippen LogP contribution < -0.4 is 5.32 Å². The van der Waals surface area contributed by atoms with Crippen LogP contribution in [0.1, 0.15) is 66.2 Å². The minimum Gasteiger partial charge on any atom is -0.462 e. The molecule has 1 saturated carbocycles. The van der Waals surface area contributed by atoms with Gasteiger partial charge >= 0.3 is 5.97 Å². The number of carbonyl (C=O) groups excluding carboxylic acids is 1. The molecule has 1 N–H and O–H groups in total. The Morgan fingerprint density at radius 1 is 1.38 bits per heavy atom. The van der Waals surface area contributed by atoms with Gasteiger partial charge in [-0.3, -0.25) is 4.79 Å². The normalized spacial score (nSPS) is 37.5. The second kappa shape index (κ2) is 7.13. The van der Waals surface area contributed by atoms with E-state index in [0.717, 1.165) is 38.8 Å². The number of esters is 1. The topological polar surface area (TPSA) is 38.3 Å². The molecule has 0 amide bonds. The van der Waals surface area contributed by atoms with Crippen molar-refractivity contribution in [3.8, 4) is 0 Å². The Bertz CT molecular complexity index is 347. The van der Waals surface area contributed by atoms with Crippen molar-refractivity contribution >= 4 is 5.97 Å². The maximum atomic E-state index is 12.8. The molecule has 0 bridgehead atoms. The van der Waals surface area contributed by atoms with Crippen molar-refractivity contribution in [1.82, 2.24) is 5.32 Å². The third-order valence-corrected chi connectivity index (χ3v) is 5.80. The molecular formula is C18H33NO2. The van der Waals surface area contributed by atoms with E-state index in [4.69, 9.17) is 4.74 Å². The van der Waals surface area contributed by atoms with E-state index in [1.54, 1.807) is 0 Å². The smallest absolute Gasteiger partial charge is 0.313 e. The molecule has 2 rings (SSSR count). The number of carbonyl (C=O) groups is 1. The van der Waals surface area contributed by atoms with E-state index < -0.39 is 0 Å². The second-order valence-corrected chi connectivity index (χ2v) is 7.68. The highest BCUT2D eigenvalue weighted by molar-refractivity contribution is 5.77. The van der Waals surface area contributed by atoms with Crippen LogP contribution in [0.5, 0.6) is 0 Å². The first kappa shape index (κ1) is 16.8. The third-order valence-electron chi connectivity index (χ3n) is 5.80. The Morgan fingerprint density at radius 3 is 2.71 bits per heavy atom. The summed E-state index contributed by atoms with van der Waals surface area (Å²) >= 11 is 0. The van der Waals surface area contributed by atoms with Crippen molar-refractivity contribution in [2.24, 2.45) is 23.2 Å². The fraction of sp³-hybridized carbons (Fsp3) is 0.944. The van der Waals surface area contributed by atoms with Gasteiger partial charge in [0.1, 0.15) is 6.10 Å². The summed E-state index contributed by atoms with van der Waals surface area (Å²) < 4.78 is 6.09. The van der Waals surface area contributed by atoms with Gasteiger partial charge in [0.15, 0.2) is 0 Å². The third kappa shape index (κ3) is 3.80. The maximum absolute atomic E-state index is 12.8. The SMILES string of the molecule is CCC1(C(=O)OC2CC(C)CCC2C(C)C)CCCNC1. The zero-order valence-corrected chi connectivity index (χ0v) is 14.3. The summed E-state index contributed by atoms with van der Waals surface area (Å²) in [5, 5.41) is 3.39.